The van der Waals surface area contributed by atoms with Crippen molar-refractivity contribution in [3.63, 3.8) is 0 Å². The second kappa shape index (κ2) is 4.04. The molecular weight excluding hydrogens is 152 g/mol. The van der Waals surface area contributed by atoms with E-state index in [0.717, 1.165) is 12.8 Å². The number of Topliss-reactive ketones (excluding diaryl/α,β-unsaturated/α-hetero) is 1. The number of rotatable bonds is 5. The van der Waals surface area contributed by atoms with Gasteiger partial charge in [-0.3, -0.25) is 0 Å². The normalized spacial score (nSPS) is 27.7. The molecule has 1 saturated heterocycles. The van der Waals surface area contributed by atoms with E-state index in [0.29, 0.717) is 24.5 Å². The van der Waals surface area contributed by atoms with Crippen LogP contribution in [0.5, 0.6) is 0 Å². The van der Waals surface area contributed by atoms with Gasteiger partial charge in [0.25, 0.3) is 0 Å². The molecule has 1 aliphatic rings. The van der Waals surface area contributed by atoms with Crippen molar-refractivity contribution in [2.45, 2.75) is 52.2 Å². The van der Waals surface area contributed by atoms with Crippen LogP contribution in [-0.2, 0) is 9.53 Å². The van der Waals surface area contributed by atoms with Crippen molar-refractivity contribution in [2.75, 3.05) is 0 Å². The number of ether oxygens (including phenoxy) is 1. The number of ketones is 1. The molecule has 0 unspecified atom stereocenters. The van der Waals surface area contributed by atoms with Gasteiger partial charge in [-0.15, -0.1) is 0 Å². The van der Waals surface area contributed by atoms with Crippen molar-refractivity contribution in [1.29, 1.82) is 0 Å². The van der Waals surface area contributed by atoms with Gasteiger partial charge < -0.3 is 9.53 Å². The summed E-state index contributed by atoms with van der Waals surface area (Å²) in [5, 5.41) is 0. The summed E-state index contributed by atoms with van der Waals surface area (Å²) >= 11 is 0. The Morgan fingerprint density at radius 2 is 2.17 bits per heavy atom. The molecule has 70 valence electrons. The van der Waals surface area contributed by atoms with Crippen LogP contribution in [0.3, 0.4) is 0 Å². The highest BCUT2D eigenvalue weighted by Gasteiger charge is 2.39. The molecule has 2 heteroatoms. The van der Waals surface area contributed by atoms with Gasteiger partial charge in [0.15, 0.2) is 0 Å². The van der Waals surface area contributed by atoms with Crippen LogP contribution in [0.4, 0.5) is 0 Å². The molecule has 1 fully saturated rings. The SMILES string of the molecule is CC(=O)CCC[C@H]1O[C@H]1C(C)C. The summed E-state index contributed by atoms with van der Waals surface area (Å²) in [4.78, 5) is 10.6. The second-order valence-electron chi connectivity index (χ2n) is 3.98. The Kier molecular flexibility index (Phi) is 3.27. The lowest BCUT2D eigenvalue weighted by atomic mass is 10.0. The Labute approximate surface area is 74.3 Å². The van der Waals surface area contributed by atoms with Crippen molar-refractivity contribution in [2.24, 2.45) is 5.92 Å². The van der Waals surface area contributed by atoms with Gasteiger partial charge in [-0.1, -0.05) is 13.8 Å². The zero-order chi connectivity index (χ0) is 9.14. The minimum atomic E-state index is 0.289. The molecule has 0 saturated carbocycles. The molecule has 0 aromatic rings. The summed E-state index contributed by atoms with van der Waals surface area (Å²) < 4.78 is 5.45. The van der Waals surface area contributed by atoms with Crippen molar-refractivity contribution in [3.8, 4) is 0 Å². The number of hydrogen-bond donors (Lipinski definition) is 0. The van der Waals surface area contributed by atoms with Gasteiger partial charge in [0.05, 0.1) is 12.2 Å². The molecule has 0 N–H and O–H groups in total. The van der Waals surface area contributed by atoms with Crippen molar-refractivity contribution >= 4 is 5.78 Å². The van der Waals surface area contributed by atoms with Gasteiger partial charge in [0.1, 0.15) is 5.78 Å². The first-order valence-corrected chi connectivity index (χ1v) is 4.76. The Morgan fingerprint density at radius 3 is 2.58 bits per heavy atom. The third-order valence-corrected chi connectivity index (χ3v) is 2.30. The Balaban J connectivity index is 2.01. The molecule has 1 heterocycles. The topological polar surface area (TPSA) is 29.6 Å². The van der Waals surface area contributed by atoms with Crippen LogP contribution in [0.15, 0.2) is 0 Å². The van der Waals surface area contributed by atoms with E-state index in [1.54, 1.807) is 6.92 Å². The average Bonchev–Trinajstić information content (AvgIpc) is 2.66. The fourth-order valence-corrected chi connectivity index (χ4v) is 1.53. The van der Waals surface area contributed by atoms with Gasteiger partial charge in [-0.2, -0.15) is 0 Å². The minimum absolute atomic E-state index is 0.289. The molecule has 0 aliphatic carbocycles. The van der Waals surface area contributed by atoms with E-state index in [4.69, 9.17) is 4.74 Å². The maximum Gasteiger partial charge on any atom is 0.129 e. The Hall–Kier alpha value is -0.370. The minimum Gasteiger partial charge on any atom is -0.369 e. The van der Waals surface area contributed by atoms with Crippen molar-refractivity contribution < 1.29 is 9.53 Å². The van der Waals surface area contributed by atoms with E-state index in [1.165, 1.54) is 0 Å². The Morgan fingerprint density at radius 1 is 1.50 bits per heavy atom. The van der Waals surface area contributed by atoms with Crippen LogP contribution in [0.25, 0.3) is 0 Å². The Bertz CT molecular complexity index is 163. The molecule has 2 atom stereocenters. The highest BCUT2D eigenvalue weighted by atomic mass is 16.6. The predicted molar refractivity (Wildman–Crippen MR) is 48.0 cm³/mol. The summed E-state index contributed by atoms with van der Waals surface area (Å²) in [6.45, 7) is 6.00. The summed E-state index contributed by atoms with van der Waals surface area (Å²) in [6, 6.07) is 0. The molecule has 1 rings (SSSR count). The number of hydrogen-bond acceptors (Lipinski definition) is 2. The molecule has 0 bridgehead atoms. The zero-order valence-corrected chi connectivity index (χ0v) is 8.17. The average molecular weight is 170 g/mol. The maximum atomic E-state index is 10.6. The van der Waals surface area contributed by atoms with Crippen molar-refractivity contribution in [1.82, 2.24) is 0 Å². The summed E-state index contributed by atoms with van der Waals surface area (Å²) in [5.41, 5.74) is 0. The zero-order valence-electron chi connectivity index (χ0n) is 8.17. The van der Waals surface area contributed by atoms with Gasteiger partial charge in [-0.25, -0.2) is 0 Å². The molecule has 0 radical (unpaired) electrons. The lowest BCUT2D eigenvalue weighted by Crippen LogP contribution is -2.02. The summed E-state index contributed by atoms with van der Waals surface area (Å²) in [6.07, 6.45) is 3.68. The molecule has 0 aromatic heterocycles. The lowest BCUT2D eigenvalue weighted by molar-refractivity contribution is -0.117. The van der Waals surface area contributed by atoms with Gasteiger partial charge in [-0.05, 0) is 25.7 Å². The van der Waals surface area contributed by atoms with E-state index in [-0.39, 0.29) is 5.78 Å². The van der Waals surface area contributed by atoms with Gasteiger partial charge in [0.2, 0.25) is 0 Å². The van der Waals surface area contributed by atoms with Crippen LogP contribution >= 0.6 is 0 Å². The number of epoxide rings is 1. The van der Waals surface area contributed by atoms with Crippen LogP contribution in [0.1, 0.15) is 40.0 Å². The van der Waals surface area contributed by atoms with Crippen LogP contribution < -0.4 is 0 Å². The molecule has 0 spiro atoms. The smallest absolute Gasteiger partial charge is 0.129 e. The summed E-state index contributed by atoms with van der Waals surface area (Å²) in [7, 11) is 0. The molecule has 2 nitrogen and oxygen atoms in total. The fourth-order valence-electron chi connectivity index (χ4n) is 1.53. The van der Waals surface area contributed by atoms with E-state index in [2.05, 4.69) is 13.8 Å². The largest absolute Gasteiger partial charge is 0.369 e. The highest BCUT2D eigenvalue weighted by Crippen LogP contribution is 2.32. The third kappa shape index (κ3) is 2.94. The molecular formula is C10H18O2. The predicted octanol–water partition coefficient (Wildman–Crippen LogP) is 2.17. The monoisotopic (exact) mass is 170 g/mol. The van der Waals surface area contributed by atoms with Crippen LogP contribution in [-0.4, -0.2) is 18.0 Å². The van der Waals surface area contributed by atoms with Crippen molar-refractivity contribution in [3.05, 3.63) is 0 Å². The summed E-state index contributed by atoms with van der Waals surface area (Å²) in [5.74, 6) is 0.920. The van der Waals surface area contributed by atoms with E-state index in [9.17, 15) is 4.79 Å². The van der Waals surface area contributed by atoms with Crippen LogP contribution in [0, 0.1) is 5.92 Å². The quantitative estimate of drug-likeness (QED) is 0.592. The standard InChI is InChI=1S/C10H18O2/c1-7(2)10-9(12-10)6-4-5-8(3)11/h7,9-10H,4-6H2,1-3H3/t9-,10+/m1/s1. The molecule has 12 heavy (non-hydrogen) atoms. The first-order chi connectivity index (χ1) is 5.61. The van der Waals surface area contributed by atoms with Gasteiger partial charge >= 0.3 is 0 Å². The van der Waals surface area contributed by atoms with E-state index in [1.807, 2.05) is 0 Å². The lowest BCUT2D eigenvalue weighted by Gasteiger charge is -1.97. The molecule has 0 aromatic carbocycles. The van der Waals surface area contributed by atoms with E-state index < -0.39 is 0 Å². The first kappa shape index (κ1) is 9.72. The van der Waals surface area contributed by atoms with Crippen LogP contribution in [0.2, 0.25) is 0 Å². The third-order valence-electron chi connectivity index (χ3n) is 2.30. The first-order valence-electron chi connectivity index (χ1n) is 4.76. The fraction of sp³-hybridized carbons (Fsp3) is 0.900. The number of carbonyl (C=O) groups excluding carboxylic acids is 1. The molecule has 0 amide bonds. The molecule has 1 aliphatic heterocycles. The highest BCUT2D eigenvalue weighted by molar-refractivity contribution is 5.75. The van der Waals surface area contributed by atoms with E-state index >= 15 is 0 Å². The second-order valence-corrected chi connectivity index (χ2v) is 3.98. The maximum absolute atomic E-state index is 10.6. The van der Waals surface area contributed by atoms with Gasteiger partial charge in [0, 0.05) is 6.42 Å². The number of carbonyl (C=O) groups is 1.